The van der Waals surface area contributed by atoms with Crippen molar-refractivity contribution in [3.05, 3.63) is 35.3 Å². The van der Waals surface area contributed by atoms with Crippen LogP contribution in [0.5, 0.6) is 0 Å². The molecule has 10 heavy (non-hydrogen) atoms. The highest BCUT2D eigenvalue weighted by Gasteiger charge is 1.93. The van der Waals surface area contributed by atoms with Gasteiger partial charge in [0.25, 0.3) is 0 Å². The first kappa shape index (κ1) is 7.06. The van der Waals surface area contributed by atoms with Gasteiger partial charge in [0.15, 0.2) is 12.4 Å². The van der Waals surface area contributed by atoms with Crippen molar-refractivity contribution in [2.75, 3.05) is 0 Å². The Kier molecular flexibility index (Phi) is 2.26. The van der Waals surface area contributed by atoms with Crippen LogP contribution in [-0.4, -0.2) is 0 Å². The SMILES string of the molecule is CCCc1ccc[n+]([O-])c1. The molecule has 0 N–H and O–H groups in total. The van der Waals surface area contributed by atoms with Gasteiger partial charge in [-0.2, -0.15) is 4.73 Å². The van der Waals surface area contributed by atoms with Crippen molar-refractivity contribution >= 4 is 0 Å². The van der Waals surface area contributed by atoms with Crippen LogP contribution in [0, 0.1) is 5.21 Å². The predicted octanol–water partition coefficient (Wildman–Crippen LogP) is 1.27. The molecule has 2 nitrogen and oxygen atoms in total. The van der Waals surface area contributed by atoms with Crippen LogP contribution in [0.4, 0.5) is 0 Å². The van der Waals surface area contributed by atoms with E-state index in [1.807, 2.05) is 6.07 Å². The minimum atomic E-state index is 0.838. The number of hydrogen-bond acceptors (Lipinski definition) is 1. The molecule has 0 fully saturated rings. The summed E-state index contributed by atoms with van der Waals surface area (Å²) in [4.78, 5) is 0. The van der Waals surface area contributed by atoms with Gasteiger partial charge in [-0.3, -0.25) is 0 Å². The zero-order chi connectivity index (χ0) is 7.40. The van der Waals surface area contributed by atoms with Crippen LogP contribution in [-0.2, 0) is 6.42 Å². The third kappa shape index (κ3) is 1.72. The topological polar surface area (TPSA) is 26.9 Å². The molecule has 1 aromatic rings. The highest BCUT2D eigenvalue weighted by atomic mass is 16.5. The Labute approximate surface area is 60.7 Å². The van der Waals surface area contributed by atoms with E-state index in [4.69, 9.17) is 0 Å². The fourth-order valence-corrected chi connectivity index (χ4v) is 0.938. The summed E-state index contributed by atoms with van der Waals surface area (Å²) >= 11 is 0. The molecule has 0 aliphatic rings. The summed E-state index contributed by atoms with van der Waals surface area (Å²) in [6.45, 7) is 2.10. The monoisotopic (exact) mass is 137 g/mol. The summed E-state index contributed by atoms with van der Waals surface area (Å²) in [7, 11) is 0. The van der Waals surface area contributed by atoms with Crippen molar-refractivity contribution in [1.29, 1.82) is 0 Å². The molecule has 0 saturated heterocycles. The van der Waals surface area contributed by atoms with E-state index in [1.165, 1.54) is 6.20 Å². The smallest absolute Gasteiger partial charge is 0.183 e. The van der Waals surface area contributed by atoms with Crippen molar-refractivity contribution in [1.82, 2.24) is 0 Å². The average Bonchev–Trinajstić information content (AvgIpc) is 1.88. The largest absolute Gasteiger partial charge is 0.619 e. The van der Waals surface area contributed by atoms with Gasteiger partial charge < -0.3 is 5.21 Å². The fraction of sp³-hybridized carbons (Fsp3) is 0.375. The Morgan fingerprint density at radius 3 is 3.00 bits per heavy atom. The van der Waals surface area contributed by atoms with E-state index in [0.717, 1.165) is 23.1 Å². The normalized spacial score (nSPS) is 9.70. The first-order valence-electron chi connectivity index (χ1n) is 3.50. The molecule has 0 saturated carbocycles. The Bertz CT molecular complexity index is 210. The number of aromatic nitrogens is 1. The molecule has 0 aromatic carbocycles. The van der Waals surface area contributed by atoms with E-state index in [-0.39, 0.29) is 0 Å². The first-order chi connectivity index (χ1) is 4.83. The second-order valence-electron chi connectivity index (χ2n) is 2.32. The summed E-state index contributed by atoms with van der Waals surface area (Å²) in [5.74, 6) is 0. The van der Waals surface area contributed by atoms with Gasteiger partial charge in [0.05, 0.1) is 0 Å². The first-order valence-corrected chi connectivity index (χ1v) is 3.50. The lowest BCUT2D eigenvalue weighted by Crippen LogP contribution is -2.24. The number of rotatable bonds is 2. The highest BCUT2D eigenvalue weighted by Crippen LogP contribution is 1.97. The maximum atomic E-state index is 10.7. The van der Waals surface area contributed by atoms with Gasteiger partial charge >= 0.3 is 0 Å². The minimum absolute atomic E-state index is 0.838. The average molecular weight is 137 g/mol. The van der Waals surface area contributed by atoms with Gasteiger partial charge in [-0.05, 0) is 12.5 Å². The van der Waals surface area contributed by atoms with Crippen LogP contribution in [0.25, 0.3) is 0 Å². The third-order valence-corrected chi connectivity index (χ3v) is 1.38. The van der Waals surface area contributed by atoms with E-state index >= 15 is 0 Å². The van der Waals surface area contributed by atoms with Crippen molar-refractivity contribution < 1.29 is 4.73 Å². The molecule has 0 radical (unpaired) electrons. The Morgan fingerprint density at radius 2 is 2.40 bits per heavy atom. The summed E-state index contributed by atoms with van der Waals surface area (Å²) in [5.41, 5.74) is 1.11. The van der Waals surface area contributed by atoms with Crippen LogP contribution in [0.1, 0.15) is 18.9 Å². The number of nitrogens with zero attached hydrogens (tertiary/aromatic N) is 1. The molecule has 0 amide bonds. The second kappa shape index (κ2) is 3.20. The highest BCUT2D eigenvalue weighted by molar-refractivity contribution is 5.04. The summed E-state index contributed by atoms with van der Waals surface area (Å²) in [6, 6.07) is 3.75. The Hall–Kier alpha value is -1.05. The molecule has 0 atom stereocenters. The second-order valence-corrected chi connectivity index (χ2v) is 2.32. The van der Waals surface area contributed by atoms with E-state index < -0.39 is 0 Å². The quantitative estimate of drug-likeness (QED) is 0.445. The maximum absolute atomic E-state index is 10.7. The van der Waals surface area contributed by atoms with Crippen LogP contribution < -0.4 is 4.73 Å². The molecule has 2 heteroatoms. The summed E-state index contributed by atoms with van der Waals surface area (Å²) in [6.07, 6.45) is 5.19. The zero-order valence-corrected chi connectivity index (χ0v) is 6.08. The summed E-state index contributed by atoms with van der Waals surface area (Å²) < 4.78 is 0.838. The molecule has 1 heterocycles. The van der Waals surface area contributed by atoms with Gasteiger partial charge in [-0.15, -0.1) is 0 Å². The molecule has 0 aliphatic carbocycles. The van der Waals surface area contributed by atoms with Gasteiger partial charge in [0.2, 0.25) is 0 Å². The predicted molar refractivity (Wildman–Crippen MR) is 39.4 cm³/mol. The van der Waals surface area contributed by atoms with E-state index in [9.17, 15) is 5.21 Å². The lowest BCUT2D eigenvalue weighted by molar-refractivity contribution is -0.605. The van der Waals surface area contributed by atoms with Crippen molar-refractivity contribution in [2.24, 2.45) is 0 Å². The number of pyridine rings is 1. The molecule has 0 bridgehead atoms. The lowest BCUT2D eigenvalue weighted by Gasteiger charge is -1.97. The standard InChI is InChI=1S/C8H11NO/c1-2-4-8-5-3-6-9(10)7-8/h3,5-7H,2,4H2,1H3. The van der Waals surface area contributed by atoms with Crippen molar-refractivity contribution in [2.45, 2.75) is 19.8 Å². The van der Waals surface area contributed by atoms with Crippen LogP contribution in [0.15, 0.2) is 24.5 Å². The minimum Gasteiger partial charge on any atom is -0.619 e. The third-order valence-electron chi connectivity index (χ3n) is 1.38. The van der Waals surface area contributed by atoms with E-state index in [2.05, 4.69) is 6.92 Å². The van der Waals surface area contributed by atoms with Gasteiger partial charge in [0, 0.05) is 11.6 Å². The fourth-order valence-electron chi connectivity index (χ4n) is 0.938. The Balaban J connectivity index is 2.75. The molecular weight excluding hydrogens is 126 g/mol. The van der Waals surface area contributed by atoms with E-state index in [0.29, 0.717) is 0 Å². The zero-order valence-electron chi connectivity index (χ0n) is 6.08. The van der Waals surface area contributed by atoms with Gasteiger partial charge in [0.1, 0.15) is 0 Å². The van der Waals surface area contributed by atoms with Crippen molar-refractivity contribution in [3.8, 4) is 0 Å². The molecule has 1 rings (SSSR count). The number of hydrogen-bond donors (Lipinski definition) is 0. The molecule has 1 aromatic heterocycles. The van der Waals surface area contributed by atoms with Crippen LogP contribution in [0.3, 0.4) is 0 Å². The summed E-state index contributed by atoms with van der Waals surface area (Å²) in [5, 5.41) is 10.7. The Morgan fingerprint density at radius 1 is 1.60 bits per heavy atom. The van der Waals surface area contributed by atoms with Crippen molar-refractivity contribution in [3.63, 3.8) is 0 Å². The molecule has 0 spiro atoms. The molecular formula is C8H11NO. The molecule has 0 aliphatic heterocycles. The van der Waals surface area contributed by atoms with Crippen LogP contribution in [0.2, 0.25) is 0 Å². The van der Waals surface area contributed by atoms with Gasteiger partial charge in [-0.25, -0.2) is 0 Å². The van der Waals surface area contributed by atoms with E-state index in [1.54, 1.807) is 12.3 Å². The molecule has 54 valence electrons. The number of aryl methyl sites for hydroxylation is 1. The lowest BCUT2D eigenvalue weighted by atomic mass is 10.2. The maximum Gasteiger partial charge on any atom is 0.183 e. The van der Waals surface area contributed by atoms with Crippen LogP contribution >= 0.6 is 0 Å². The molecule has 0 unspecified atom stereocenters. The van der Waals surface area contributed by atoms with Gasteiger partial charge in [-0.1, -0.05) is 13.3 Å².